The molecular formula is C17H29N5O3. The van der Waals surface area contributed by atoms with E-state index in [1.54, 1.807) is 11.9 Å². The number of carbonyl (C=O) groups is 1. The van der Waals surface area contributed by atoms with E-state index in [-0.39, 0.29) is 17.4 Å². The molecule has 2 rings (SSSR count). The Balaban J connectivity index is 2.10. The van der Waals surface area contributed by atoms with Gasteiger partial charge in [-0.05, 0) is 25.7 Å². The number of nitrogens with zero attached hydrogens (tertiary/aromatic N) is 3. The van der Waals surface area contributed by atoms with Crippen molar-refractivity contribution in [1.82, 2.24) is 14.5 Å². The number of unbranched alkanes of at least 4 members (excludes halogenated alkanes) is 1. The van der Waals surface area contributed by atoms with E-state index in [1.165, 1.54) is 11.0 Å². The molecule has 1 fully saturated rings. The van der Waals surface area contributed by atoms with Crippen LogP contribution in [0.5, 0.6) is 0 Å². The number of nitrogens with two attached hydrogens (primary N) is 1. The Labute approximate surface area is 147 Å². The molecule has 0 aliphatic carbocycles. The first-order valence-corrected chi connectivity index (χ1v) is 9.07. The number of likely N-dealkylation sites (tertiary alicyclic amines) is 1. The second-order valence-corrected chi connectivity index (χ2v) is 6.61. The van der Waals surface area contributed by atoms with Gasteiger partial charge in [0.2, 0.25) is 5.91 Å². The maximum atomic E-state index is 12.3. The van der Waals surface area contributed by atoms with Crippen molar-refractivity contribution in [2.24, 2.45) is 0 Å². The van der Waals surface area contributed by atoms with Crippen molar-refractivity contribution in [3.63, 3.8) is 0 Å². The van der Waals surface area contributed by atoms with Crippen molar-refractivity contribution < 1.29 is 4.79 Å². The fourth-order valence-corrected chi connectivity index (χ4v) is 3.16. The van der Waals surface area contributed by atoms with Crippen molar-refractivity contribution in [1.29, 1.82) is 0 Å². The fraction of sp³-hybridized carbons (Fsp3) is 0.706. The van der Waals surface area contributed by atoms with E-state index in [0.717, 1.165) is 38.8 Å². The molecule has 1 saturated heterocycles. The third-order valence-corrected chi connectivity index (χ3v) is 4.70. The predicted octanol–water partition coefficient (Wildman–Crippen LogP) is 0.758. The number of aromatic nitrogens is 2. The van der Waals surface area contributed by atoms with Gasteiger partial charge in [-0.3, -0.25) is 19.1 Å². The Morgan fingerprint density at radius 3 is 2.56 bits per heavy atom. The number of nitrogens with one attached hydrogen (secondary N) is 1. The first-order chi connectivity index (χ1) is 12.0. The van der Waals surface area contributed by atoms with E-state index in [1.807, 2.05) is 11.8 Å². The lowest BCUT2D eigenvalue weighted by Crippen LogP contribution is -2.40. The molecule has 0 radical (unpaired) electrons. The largest absolute Gasteiger partial charge is 0.383 e. The summed E-state index contributed by atoms with van der Waals surface area (Å²) < 4.78 is 1.39. The number of carbonyl (C=O) groups excluding carboxylic acids is 1. The highest BCUT2D eigenvalue weighted by atomic mass is 16.2. The average Bonchev–Trinajstić information content (AvgIpc) is 2.60. The van der Waals surface area contributed by atoms with Gasteiger partial charge in [-0.2, -0.15) is 0 Å². The van der Waals surface area contributed by atoms with E-state index in [4.69, 9.17) is 5.73 Å². The van der Waals surface area contributed by atoms with Crippen LogP contribution in [0, 0.1) is 0 Å². The van der Waals surface area contributed by atoms with Crippen LogP contribution < -0.4 is 21.9 Å². The number of nitrogen functional groups attached to an aromatic ring is 1. The summed E-state index contributed by atoms with van der Waals surface area (Å²) in [5, 5.41) is 0. The van der Waals surface area contributed by atoms with Gasteiger partial charge in [0.15, 0.2) is 0 Å². The average molecular weight is 351 g/mol. The first-order valence-electron chi connectivity index (χ1n) is 9.07. The minimum atomic E-state index is -0.511. The van der Waals surface area contributed by atoms with Gasteiger partial charge in [-0.25, -0.2) is 4.79 Å². The van der Waals surface area contributed by atoms with E-state index in [0.29, 0.717) is 19.5 Å². The molecule has 0 bridgehead atoms. The maximum Gasteiger partial charge on any atom is 0.330 e. The Morgan fingerprint density at radius 1 is 1.24 bits per heavy atom. The predicted molar refractivity (Wildman–Crippen MR) is 99.0 cm³/mol. The van der Waals surface area contributed by atoms with Crippen LogP contribution in [0.3, 0.4) is 0 Å². The Morgan fingerprint density at radius 2 is 1.92 bits per heavy atom. The molecule has 8 nitrogen and oxygen atoms in total. The lowest BCUT2D eigenvalue weighted by atomic mass is 10.1. The zero-order chi connectivity index (χ0) is 18.4. The van der Waals surface area contributed by atoms with Crippen molar-refractivity contribution in [3.8, 4) is 0 Å². The highest BCUT2D eigenvalue weighted by molar-refractivity contribution is 5.77. The molecule has 0 aromatic carbocycles. The highest BCUT2D eigenvalue weighted by Gasteiger charge is 2.19. The standard InChI is InChI=1S/C17H29N5O3/c1-3-4-11-22-15(18)14(16(24)19-17(22)25)20(2)12-8-13(23)21-9-6-5-7-10-21/h3-12,18H2,1-2H3,(H,19,24,25). The number of anilines is 2. The van der Waals surface area contributed by atoms with Gasteiger partial charge in [-0.15, -0.1) is 0 Å². The van der Waals surface area contributed by atoms with E-state index in [2.05, 4.69) is 4.98 Å². The molecule has 2 heterocycles. The number of H-pyrrole nitrogens is 1. The molecule has 8 heteroatoms. The van der Waals surface area contributed by atoms with Crippen molar-refractivity contribution in [2.45, 2.75) is 52.0 Å². The molecule has 1 aromatic rings. The molecule has 1 aliphatic rings. The lowest BCUT2D eigenvalue weighted by Gasteiger charge is -2.28. The van der Waals surface area contributed by atoms with Gasteiger partial charge < -0.3 is 15.5 Å². The van der Waals surface area contributed by atoms with Crippen LogP contribution in [-0.2, 0) is 11.3 Å². The van der Waals surface area contributed by atoms with Crippen LogP contribution in [0.2, 0.25) is 0 Å². The quantitative estimate of drug-likeness (QED) is 0.754. The second kappa shape index (κ2) is 8.73. The third-order valence-electron chi connectivity index (χ3n) is 4.70. The van der Waals surface area contributed by atoms with Crippen LogP contribution in [-0.4, -0.2) is 47.0 Å². The lowest BCUT2D eigenvalue weighted by molar-refractivity contribution is -0.131. The summed E-state index contributed by atoms with van der Waals surface area (Å²) in [6, 6.07) is 0. The normalized spacial score (nSPS) is 14.6. The number of rotatable bonds is 7. The Bertz CT molecular complexity index is 703. The topological polar surface area (TPSA) is 104 Å². The summed E-state index contributed by atoms with van der Waals surface area (Å²) in [6.45, 7) is 4.49. The molecule has 25 heavy (non-hydrogen) atoms. The number of hydrogen-bond donors (Lipinski definition) is 2. The zero-order valence-corrected chi connectivity index (χ0v) is 15.2. The Hall–Kier alpha value is -2.25. The summed E-state index contributed by atoms with van der Waals surface area (Å²) in [5.74, 6) is 0.260. The third kappa shape index (κ3) is 4.64. The van der Waals surface area contributed by atoms with Crippen molar-refractivity contribution >= 4 is 17.4 Å². The van der Waals surface area contributed by atoms with Crippen LogP contribution in [0.25, 0.3) is 0 Å². The molecule has 0 atom stereocenters. The highest BCUT2D eigenvalue weighted by Crippen LogP contribution is 2.16. The summed E-state index contributed by atoms with van der Waals surface area (Å²) >= 11 is 0. The molecule has 0 spiro atoms. The number of amides is 1. The SMILES string of the molecule is CCCCn1c(N)c(N(C)CCC(=O)N2CCCCC2)c(=O)[nH]c1=O. The number of piperidine rings is 1. The smallest absolute Gasteiger partial charge is 0.330 e. The van der Waals surface area contributed by atoms with Gasteiger partial charge in [-0.1, -0.05) is 13.3 Å². The first kappa shape index (κ1) is 19.1. The molecule has 1 aliphatic heterocycles. The van der Waals surface area contributed by atoms with E-state index in [9.17, 15) is 14.4 Å². The van der Waals surface area contributed by atoms with Crippen molar-refractivity contribution in [3.05, 3.63) is 20.8 Å². The van der Waals surface area contributed by atoms with Gasteiger partial charge in [0.25, 0.3) is 5.56 Å². The summed E-state index contributed by atoms with van der Waals surface area (Å²) in [5.41, 5.74) is 5.33. The molecule has 0 saturated carbocycles. The number of hydrogen-bond acceptors (Lipinski definition) is 5. The van der Waals surface area contributed by atoms with Gasteiger partial charge in [0.1, 0.15) is 11.5 Å². The number of aromatic amines is 1. The Kier molecular flexibility index (Phi) is 6.66. The molecule has 140 valence electrons. The molecule has 1 aromatic heterocycles. The molecular weight excluding hydrogens is 322 g/mol. The monoisotopic (exact) mass is 351 g/mol. The van der Waals surface area contributed by atoms with Crippen LogP contribution in [0.4, 0.5) is 11.5 Å². The van der Waals surface area contributed by atoms with Gasteiger partial charge in [0.05, 0.1) is 0 Å². The maximum absolute atomic E-state index is 12.3. The van der Waals surface area contributed by atoms with Crippen molar-refractivity contribution in [2.75, 3.05) is 37.3 Å². The second-order valence-electron chi connectivity index (χ2n) is 6.61. The molecule has 0 unspecified atom stereocenters. The summed E-state index contributed by atoms with van der Waals surface area (Å²) in [6.07, 6.45) is 5.32. The fourth-order valence-electron chi connectivity index (χ4n) is 3.16. The summed E-state index contributed by atoms with van der Waals surface area (Å²) in [7, 11) is 1.72. The van der Waals surface area contributed by atoms with E-state index < -0.39 is 11.2 Å². The minimum Gasteiger partial charge on any atom is -0.383 e. The van der Waals surface area contributed by atoms with Gasteiger partial charge >= 0.3 is 5.69 Å². The molecule has 3 N–H and O–H groups in total. The van der Waals surface area contributed by atoms with Gasteiger partial charge in [0, 0.05) is 39.6 Å². The van der Waals surface area contributed by atoms with E-state index >= 15 is 0 Å². The van der Waals surface area contributed by atoms with Crippen LogP contribution in [0.15, 0.2) is 9.59 Å². The minimum absolute atomic E-state index is 0.0980. The van der Waals surface area contributed by atoms with Crippen LogP contribution >= 0.6 is 0 Å². The zero-order valence-electron chi connectivity index (χ0n) is 15.2. The summed E-state index contributed by atoms with van der Waals surface area (Å²) in [4.78, 5) is 42.3. The molecule has 1 amide bonds. The van der Waals surface area contributed by atoms with Crippen LogP contribution in [0.1, 0.15) is 45.4 Å².